The first-order valence-corrected chi connectivity index (χ1v) is 5.55. The van der Waals surface area contributed by atoms with Gasteiger partial charge in [0.1, 0.15) is 11.6 Å². The number of nitrogens with zero attached hydrogens (tertiary/aromatic N) is 2. The average molecular weight is 268 g/mol. The van der Waals surface area contributed by atoms with Crippen LogP contribution in [0.3, 0.4) is 0 Å². The molecule has 1 rings (SSSR count). The Hall–Kier alpha value is -2.24. The summed E-state index contributed by atoms with van der Waals surface area (Å²) in [4.78, 5) is 10.7. The molecule has 0 amide bonds. The molecule has 0 radical (unpaired) electrons. The van der Waals surface area contributed by atoms with Crippen LogP contribution in [-0.4, -0.2) is 22.3 Å². The van der Waals surface area contributed by atoms with Gasteiger partial charge in [-0.05, 0) is 26.0 Å². The zero-order chi connectivity index (χ0) is 14.4. The van der Waals surface area contributed by atoms with Crippen molar-refractivity contribution in [3.63, 3.8) is 0 Å². The van der Waals surface area contributed by atoms with Gasteiger partial charge < -0.3 is 5.11 Å². The third kappa shape index (κ3) is 4.17. The van der Waals surface area contributed by atoms with Crippen molar-refractivity contribution >= 4 is 12.2 Å². The third-order valence-corrected chi connectivity index (χ3v) is 2.33. The van der Waals surface area contributed by atoms with Gasteiger partial charge in [0, 0.05) is 18.0 Å². The van der Waals surface area contributed by atoms with E-state index in [1.807, 2.05) is 0 Å². The van der Waals surface area contributed by atoms with Crippen LogP contribution in [0.15, 0.2) is 35.1 Å². The number of hydrazone groups is 1. The molecule has 0 aliphatic heterocycles. The summed E-state index contributed by atoms with van der Waals surface area (Å²) >= 11 is 0. The maximum Gasteiger partial charge on any atom is 0.332 e. The van der Waals surface area contributed by atoms with Crippen LogP contribution in [0.5, 0.6) is 0 Å². The largest absolute Gasteiger partial charge is 0.478 e. The fraction of sp³-hybridized carbons (Fsp3) is 0.231. The van der Waals surface area contributed by atoms with E-state index in [0.717, 1.165) is 12.1 Å². The van der Waals surface area contributed by atoms with Crippen LogP contribution in [-0.2, 0) is 11.3 Å². The van der Waals surface area contributed by atoms with Gasteiger partial charge in [0.25, 0.3) is 0 Å². The normalized spacial score (nSPS) is 11.9. The lowest BCUT2D eigenvalue weighted by atomic mass is 10.2. The predicted molar refractivity (Wildman–Crippen MR) is 67.5 cm³/mol. The van der Waals surface area contributed by atoms with Crippen molar-refractivity contribution in [2.45, 2.75) is 20.4 Å². The molecule has 0 bridgehead atoms. The van der Waals surface area contributed by atoms with Gasteiger partial charge in [-0.25, -0.2) is 13.6 Å². The minimum atomic E-state index is -1.12. The number of rotatable bonds is 5. The lowest BCUT2D eigenvalue weighted by Gasteiger charge is -2.15. The summed E-state index contributed by atoms with van der Waals surface area (Å²) in [6, 6.07) is 3.54. The molecule has 4 nitrogen and oxygen atoms in total. The minimum Gasteiger partial charge on any atom is -0.478 e. The van der Waals surface area contributed by atoms with E-state index in [2.05, 4.69) is 5.10 Å². The lowest BCUT2D eigenvalue weighted by Crippen LogP contribution is -2.14. The summed E-state index contributed by atoms with van der Waals surface area (Å²) in [5, 5.41) is 13.8. The molecular formula is C13H14F2N2O2. The van der Waals surface area contributed by atoms with Crippen LogP contribution in [0.2, 0.25) is 0 Å². The van der Waals surface area contributed by atoms with Crippen molar-refractivity contribution in [3.8, 4) is 0 Å². The fourth-order valence-corrected chi connectivity index (χ4v) is 1.39. The standard InChI is InChI=1S/C13H14F2N2O2/c1-3-16-17(7-9(2)13(18)19)8-10-11(14)5-4-6-12(10)15/h3-7H,8H2,1-2H3,(H,18,19)/b9-7+,16-3?. The van der Waals surface area contributed by atoms with Crippen LogP contribution in [0, 0.1) is 11.6 Å². The number of hydrogen-bond acceptors (Lipinski definition) is 3. The molecule has 0 aliphatic carbocycles. The molecule has 1 N–H and O–H groups in total. The number of halogens is 2. The number of hydrogen-bond donors (Lipinski definition) is 1. The Morgan fingerprint density at radius 2 is 2.00 bits per heavy atom. The van der Waals surface area contributed by atoms with Crippen LogP contribution in [0.25, 0.3) is 0 Å². The molecule has 0 unspecified atom stereocenters. The van der Waals surface area contributed by atoms with Crippen LogP contribution < -0.4 is 0 Å². The van der Waals surface area contributed by atoms with Gasteiger partial charge >= 0.3 is 5.97 Å². The summed E-state index contributed by atoms with van der Waals surface area (Å²) < 4.78 is 27.0. The second kappa shape index (κ2) is 6.63. The van der Waals surface area contributed by atoms with Gasteiger partial charge in [-0.1, -0.05) is 6.07 Å². The summed E-state index contributed by atoms with van der Waals surface area (Å²) in [5.74, 6) is -2.51. The first kappa shape index (κ1) is 14.8. The van der Waals surface area contributed by atoms with E-state index < -0.39 is 17.6 Å². The lowest BCUT2D eigenvalue weighted by molar-refractivity contribution is -0.132. The second-order valence-corrected chi connectivity index (χ2v) is 3.79. The zero-order valence-corrected chi connectivity index (χ0v) is 10.6. The zero-order valence-electron chi connectivity index (χ0n) is 10.6. The highest BCUT2D eigenvalue weighted by atomic mass is 19.1. The average Bonchev–Trinajstić information content (AvgIpc) is 2.34. The quantitative estimate of drug-likeness (QED) is 0.507. The number of aliphatic carboxylic acids is 1. The summed E-state index contributed by atoms with van der Waals surface area (Å²) in [6.45, 7) is 2.81. The van der Waals surface area contributed by atoms with Crippen LogP contribution in [0.4, 0.5) is 8.78 Å². The molecule has 6 heteroatoms. The molecule has 0 heterocycles. The Kier molecular flexibility index (Phi) is 5.17. The molecule has 0 saturated carbocycles. The van der Waals surface area contributed by atoms with E-state index in [1.54, 1.807) is 6.92 Å². The Labute approximate surface area is 109 Å². The second-order valence-electron chi connectivity index (χ2n) is 3.79. The first-order chi connectivity index (χ1) is 8.95. The molecule has 0 fully saturated rings. The summed E-state index contributed by atoms with van der Waals surface area (Å²) in [6.07, 6.45) is 2.62. The predicted octanol–water partition coefficient (Wildman–Crippen LogP) is 2.76. The smallest absolute Gasteiger partial charge is 0.332 e. The Balaban J connectivity index is 3.03. The van der Waals surface area contributed by atoms with E-state index >= 15 is 0 Å². The van der Waals surface area contributed by atoms with E-state index in [0.29, 0.717) is 0 Å². The number of benzene rings is 1. The van der Waals surface area contributed by atoms with E-state index in [4.69, 9.17) is 5.11 Å². The SMILES string of the molecule is CC=NN(/C=C(\C)C(=O)O)Cc1c(F)cccc1F. The molecule has 102 valence electrons. The van der Waals surface area contributed by atoms with Crippen molar-refractivity contribution in [2.24, 2.45) is 5.10 Å². The van der Waals surface area contributed by atoms with E-state index in [9.17, 15) is 13.6 Å². The first-order valence-electron chi connectivity index (χ1n) is 5.55. The molecule has 0 atom stereocenters. The van der Waals surface area contributed by atoms with Gasteiger partial charge in [-0.3, -0.25) is 5.01 Å². The summed E-state index contributed by atoms with van der Waals surface area (Å²) in [7, 11) is 0. The number of carbonyl (C=O) groups is 1. The molecule has 1 aromatic carbocycles. The van der Waals surface area contributed by atoms with Gasteiger partial charge in [-0.2, -0.15) is 5.10 Å². The third-order valence-electron chi connectivity index (χ3n) is 2.33. The van der Waals surface area contributed by atoms with Crippen LogP contribution in [0.1, 0.15) is 19.4 Å². The van der Waals surface area contributed by atoms with Crippen molar-refractivity contribution in [1.29, 1.82) is 0 Å². The topological polar surface area (TPSA) is 52.9 Å². The summed E-state index contributed by atoms with van der Waals surface area (Å²) in [5.41, 5.74) is -0.148. The molecular weight excluding hydrogens is 254 g/mol. The van der Waals surface area contributed by atoms with E-state index in [1.165, 1.54) is 30.4 Å². The van der Waals surface area contributed by atoms with Gasteiger partial charge in [-0.15, -0.1) is 0 Å². The van der Waals surface area contributed by atoms with Gasteiger partial charge in [0.15, 0.2) is 0 Å². The molecule has 0 saturated heterocycles. The number of carboxylic acid groups (broad SMARTS) is 1. The maximum absolute atomic E-state index is 13.5. The van der Waals surface area contributed by atoms with Crippen molar-refractivity contribution in [2.75, 3.05) is 0 Å². The maximum atomic E-state index is 13.5. The Morgan fingerprint density at radius 1 is 1.42 bits per heavy atom. The van der Waals surface area contributed by atoms with Crippen molar-refractivity contribution in [3.05, 3.63) is 47.2 Å². The van der Waals surface area contributed by atoms with E-state index in [-0.39, 0.29) is 17.7 Å². The minimum absolute atomic E-state index is 0.0161. The highest BCUT2D eigenvalue weighted by Gasteiger charge is 2.12. The van der Waals surface area contributed by atoms with Crippen LogP contribution >= 0.6 is 0 Å². The number of carboxylic acids is 1. The van der Waals surface area contributed by atoms with Crippen molar-refractivity contribution < 1.29 is 18.7 Å². The highest BCUT2D eigenvalue weighted by Crippen LogP contribution is 2.15. The molecule has 1 aromatic rings. The monoisotopic (exact) mass is 268 g/mol. The molecule has 0 aliphatic rings. The van der Waals surface area contributed by atoms with Gasteiger partial charge in [0.2, 0.25) is 0 Å². The van der Waals surface area contributed by atoms with Gasteiger partial charge in [0.05, 0.1) is 12.1 Å². The Bertz CT molecular complexity index is 507. The molecule has 0 aromatic heterocycles. The highest BCUT2D eigenvalue weighted by molar-refractivity contribution is 5.85. The van der Waals surface area contributed by atoms with Crippen molar-refractivity contribution in [1.82, 2.24) is 5.01 Å². The Morgan fingerprint density at radius 3 is 2.47 bits per heavy atom. The fourth-order valence-electron chi connectivity index (χ4n) is 1.39. The molecule has 19 heavy (non-hydrogen) atoms. The molecule has 0 spiro atoms.